The van der Waals surface area contributed by atoms with Crippen molar-refractivity contribution in [3.63, 3.8) is 0 Å². The Kier molecular flexibility index (Phi) is 9.20. The minimum Gasteiger partial charge on any atom is -0.353 e. The third kappa shape index (κ3) is 4.30. The number of hydrogen-bond donors (Lipinski definition) is 2. The topological polar surface area (TPSA) is 125 Å². The van der Waals surface area contributed by atoms with Gasteiger partial charge in [-0.1, -0.05) is 13.3 Å². The van der Waals surface area contributed by atoms with Gasteiger partial charge < -0.3 is 25.8 Å². The number of carbonyl (C=O) groups is 3. The van der Waals surface area contributed by atoms with Gasteiger partial charge in [-0.3, -0.25) is 14.4 Å². The van der Waals surface area contributed by atoms with Crippen LogP contribution in [0.3, 0.4) is 0 Å². The Labute approximate surface area is 168 Å². The standard InChI is InChI=1S/C20H37N3O5/c1-6-13-23(17(26)14(22)9-7-8-12-21)20(18(27-4)28-5)16(25)11-10-15(24)19(20,2)3/h14,18H,6-13,21-22H2,1-5H3/t14-,20+/m0/s1. The van der Waals surface area contributed by atoms with Crippen LogP contribution < -0.4 is 11.5 Å². The normalized spacial score (nSPS) is 23.1. The van der Waals surface area contributed by atoms with Gasteiger partial charge in [0.15, 0.2) is 17.6 Å². The molecular formula is C20H37N3O5. The van der Waals surface area contributed by atoms with Crippen LogP contribution in [0.1, 0.15) is 59.3 Å². The molecule has 1 fully saturated rings. The van der Waals surface area contributed by atoms with Gasteiger partial charge in [-0.25, -0.2) is 0 Å². The molecule has 8 nitrogen and oxygen atoms in total. The summed E-state index contributed by atoms with van der Waals surface area (Å²) in [4.78, 5) is 41.1. The number of rotatable bonds is 11. The van der Waals surface area contributed by atoms with Gasteiger partial charge in [0.2, 0.25) is 5.91 Å². The van der Waals surface area contributed by atoms with E-state index in [0.29, 0.717) is 25.8 Å². The first kappa shape index (κ1) is 24.7. The molecule has 4 N–H and O–H groups in total. The highest BCUT2D eigenvalue weighted by atomic mass is 16.7. The summed E-state index contributed by atoms with van der Waals surface area (Å²) in [6, 6.07) is -0.787. The Morgan fingerprint density at radius 3 is 2.21 bits per heavy atom. The number of Topliss-reactive ketones (excluding diaryl/α,β-unsaturated/α-hetero) is 2. The second kappa shape index (κ2) is 10.4. The molecule has 0 saturated heterocycles. The minimum atomic E-state index is -1.57. The fourth-order valence-corrected chi connectivity index (χ4v) is 4.29. The fraction of sp³-hybridized carbons (Fsp3) is 0.850. The first-order valence-electron chi connectivity index (χ1n) is 10.1. The smallest absolute Gasteiger partial charge is 0.240 e. The van der Waals surface area contributed by atoms with Crippen molar-refractivity contribution in [1.29, 1.82) is 0 Å². The van der Waals surface area contributed by atoms with Crippen molar-refractivity contribution in [2.45, 2.75) is 77.2 Å². The number of nitrogens with two attached hydrogens (primary N) is 2. The second-order valence-corrected chi connectivity index (χ2v) is 7.92. The summed E-state index contributed by atoms with van der Waals surface area (Å²) in [5.41, 5.74) is 8.98. The molecule has 0 aromatic carbocycles. The molecule has 0 unspecified atom stereocenters. The van der Waals surface area contributed by atoms with Crippen molar-refractivity contribution in [3.05, 3.63) is 0 Å². The molecule has 1 amide bonds. The molecule has 162 valence electrons. The molecule has 2 atom stereocenters. The van der Waals surface area contributed by atoms with Crippen LogP contribution in [0.2, 0.25) is 0 Å². The number of unbranched alkanes of at least 4 members (excludes halogenated alkanes) is 1. The number of nitrogens with zero attached hydrogens (tertiary/aromatic N) is 1. The predicted octanol–water partition coefficient (Wildman–Crippen LogP) is 0.997. The zero-order valence-corrected chi connectivity index (χ0v) is 18.0. The van der Waals surface area contributed by atoms with E-state index in [4.69, 9.17) is 20.9 Å². The van der Waals surface area contributed by atoms with Gasteiger partial charge in [0.1, 0.15) is 5.78 Å². The number of carbonyl (C=O) groups excluding carboxylic acids is 3. The number of methoxy groups -OCH3 is 2. The van der Waals surface area contributed by atoms with E-state index in [-0.39, 0.29) is 36.9 Å². The maximum absolute atomic E-state index is 13.4. The van der Waals surface area contributed by atoms with Crippen molar-refractivity contribution in [2.24, 2.45) is 16.9 Å². The number of ether oxygens (including phenoxy) is 2. The molecule has 1 aliphatic rings. The zero-order chi connectivity index (χ0) is 21.5. The van der Waals surface area contributed by atoms with Crippen LogP contribution in [0, 0.1) is 5.41 Å². The molecule has 0 bridgehead atoms. The van der Waals surface area contributed by atoms with Gasteiger partial charge in [0.05, 0.1) is 11.5 Å². The van der Waals surface area contributed by atoms with Crippen LogP contribution in [0.4, 0.5) is 0 Å². The van der Waals surface area contributed by atoms with E-state index in [1.54, 1.807) is 13.8 Å². The van der Waals surface area contributed by atoms with E-state index >= 15 is 0 Å². The Morgan fingerprint density at radius 2 is 1.71 bits per heavy atom. The molecule has 28 heavy (non-hydrogen) atoms. The largest absolute Gasteiger partial charge is 0.353 e. The Hall–Kier alpha value is -1.35. The Bertz CT molecular complexity index is 562. The molecule has 0 spiro atoms. The zero-order valence-electron chi connectivity index (χ0n) is 18.0. The van der Waals surface area contributed by atoms with Gasteiger partial charge in [-0.05, 0) is 39.7 Å². The van der Waals surface area contributed by atoms with Crippen molar-refractivity contribution < 1.29 is 23.9 Å². The van der Waals surface area contributed by atoms with E-state index in [1.807, 2.05) is 6.92 Å². The molecule has 1 aliphatic carbocycles. The molecule has 1 saturated carbocycles. The highest BCUT2D eigenvalue weighted by Gasteiger charge is 2.66. The molecule has 0 aliphatic heterocycles. The minimum absolute atomic E-state index is 0.0430. The SMILES string of the molecule is CCCN(C(=O)[C@@H](N)CCCCN)[C@@]1(C(OC)OC)C(=O)CCC(=O)C1(C)C. The van der Waals surface area contributed by atoms with Crippen molar-refractivity contribution >= 4 is 17.5 Å². The van der Waals surface area contributed by atoms with Crippen molar-refractivity contribution in [3.8, 4) is 0 Å². The van der Waals surface area contributed by atoms with Crippen LogP contribution in [-0.2, 0) is 23.9 Å². The molecule has 0 heterocycles. The molecule has 0 radical (unpaired) electrons. The first-order valence-corrected chi connectivity index (χ1v) is 10.1. The Balaban J connectivity index is 3.52. The highest BCUT2D eigenvalue weighted by Crippen LogP contribution is 2.47. The second-order valence-electron chi connectivity index (χ2n) is 7.92. The van der Waals surface area contributed by atoms with Crippen LogP contribution in [-0.4, -0.2) is 67.6 Å². The van der Waals surface area contributed by atoms with Crippen LogP contribution in [0.25, 0.3) is 0 Å². The molecular weight excluding hydrogens is 362 g/mol. The van der Waals surface area contributed by atoms with Crippen molar-refractivity contribution in [1.82, 2.24) is 4.90 Å². The molecule has 8 heteroatoms. The van der Waals surface area contributed by atoms with Gasteiger partial charge in [0.25, 0.3) is 0 Å². The molecule has 0 aromatic heterocycles. The third-order valence-electron chi connectivity index (χ3n) is 5.85. The number of ketones is 2. The lowest BCUT2D eigenvalue weighted by molar-refractivity contribution is -0.225. The van der Waals surface area contributed by atoms with Crippen LogP contribution >= 0.6 is 0 Å². The van der Waals surface area contributed by atoms with E-state index in [2.05, 4.69) is 0 Å². The monoisotopic (exact) mass is 399 g/mol. The average molecular weight is 400 g/mol. The Morgan fingerprint density at radius 1 is 1.14 bits per heavy atom. The van der Waals surface area contributed by atoms with Gasteiger partial charge in [-0.2, -0.15) is 0 Å². The maximum Gasteiger partial charge on any atom is 0.240 e. The molecule has 1 rings (SSSR count). The summed E-state index contributed by atoms with van der Waals surface area (Å²) in [6.07, 6.45) is 1.64. The van der Waals surface area contributed by atoms with Gasteiger partial charge >= 0.3 is 0 Å². The lowest BCUT2D eigenvalue weighted by Crippen LogP contribution is -2.76. The summed E-state index contributed by atoms with van der Waals surface area (Å²) >= 11 is 0. The summed E-state index contributed by atoms with van der Waals surface area (Å²) in [5, 5.41) is 0. The van der Waals surface area contributed by atoms with E-state index < -0.39 is 23.3 Å². The summed E-state index contributed by atoms with van der Waals surface area (Å²) in [5.74, 6) is -0.701. The summed E-state index contributed by atoms with van der Waals surface area (Å²) < 4.78 is 11.0. The lowest BCUT2D eigenvalue weighted by Gasteiger charge is -2.56. The first-order chi connectivity index (χ1) is 13.2. The maximum atomic E-state index is 13.4. The van der Waals surface area contributed by atoms with Crippen LogP contribution in [0.5, 0.6) is 0 Å². The number of amides is 1. The lowest BCUT2D eigenvalue weighted by atomic mass is 9.60. The fourth-order valence-electron chi connectivity index (χ4n) is 4.29. The number of hydrogen-bond acceptors (Lipinski definition) is 7. The predicted molar refractivity (Wildman–Crippen MR) is 106 cm³/mol. The van der Waals surface area contributed by atoms with Gasteiger partial charge in [0, 0.05) is 33.6 Å². The highest BCUT2D eigenvalue weighted by molar-refractivity contribution is 6.06. The summed E-state index contributed by atoms with van der Waals surface area (Å²) in [6.45, 7) is 6.08. The van der Waals surface area contributed by atoms with E-state index in [1.165, 1.54) is 19.1 Å². The summed E-state index contributed by atoms with van der Waals surface area (Å²) in [7, 11) is 2.82. The van der Waals surface area contributed by atoms with Gasteiger partial charge in [-0.15, -0.1) is 0 Å². The van der Waals surface area contributed by atoms with E-state index in [9.17, 15) is 14.4 Å². The molecule has 0 aromatic rings. The average Bonchev–Trinajstić information content (AvgIpc) is 2.66. The van der Waals surface area contributed by atoms with E-state index in [0.717, 1.165) is 6.42 Å². The van der Waals surface area contributed by atoms with Crippen LogP contribution in [0.15, 0.2) is 0 Å². The van der Waals surface area contributed by atoms with Crippen molar-refractivity contribution in [2.75, 3.05) is 27.3 Å². The third-order valence-corrected chi connectivity index (χ3v) is 5.85. The quantitative estimate of drug-likeness (QED) is 0.392.